The fourth-order valence-electron chi connectivity index (χ4n) is 8.75. The van der Waals surface area contributed by atoms with Crippen LogP contribution < -0.4 is 9.80 Å². The Morgan fingerprint density at radius 2 is 1.22 bits per heavy atom. The average Bonchev–Trinajstić information content (AvgIpc) is 3.80. The van der Waals surface area contributed by atoms with Gasteiger partial charge in [-0.1, -0.05) is 133 Å². The Kier molecular flexibility index (Phi) is 7.31. The Balaban J connectivity index is 1.03. The summed E-state index contributed by atoms with van der Waals surface area (Å²) in [6.45, 7) is 0. The maximum atomic E-state index is 6.18. The molecule has 8 aromatic carbocycles. The molecule has 1 aliphatic heterocycles. The van der Waals surface area contributed by atoms with Crippen molar-refractivity contribution in [1.82, 2.24) is 0 Å². The number of rotatable bonds is 6. The molecular weight excluding hydrogens is 669 g/mol. The number of allylic oxidation sites excluding steroid dienone is 2. The largest absolute Gasteiger partial charge is 0.456 e. The molecule has 1 unspecified atom stereocenters. The van der Waals surface area contributed by atoms with Gasteiger partial charge >= 0.3 is 0 Å². The minimum Gasteiger partial charge on any atom is -0.456 e. The van der Waals surface area contributed by atoms with Gasteiger partial charge in [-0.25, -0.2) is 0 Å². The van der Waals surface area contributed by atoms with E-state index in [9.17, 15) is 0 Å². The Morgan fingerprint density at radius 1 is 0.509 bits per heavy atom. The molecule has 0 spiro atoms. The summed E-state index contributed by atoms with van der Waals surface area (Å²) in [5.41, 5.74) is 15.0. The molecule has 1 atom stereocenters. The predicted octanol–water partition coefficient (Wildman–Crippen LogP) is 14.4. The lowest BCUT2D eigenvalue weighted by atomic mass is 9.95. The number of hydrogen-bond donors (Lipinski definition) is 0. The molecular formula is C52H36N2O. The summed E-state index contributed by atoms with van der Waals surface area (Å²) in [4.78, 5) is 4.92. The summed E-state index contributed by atoms with van der Waals surface area (Å²) >= 11 is 0. The summed E-state index contributed by atoms with van der Waals surface area (Å²) in [5, 5.41) is 4.74. The molecule has 3 heteroatoms. The van der Waals surface area contributed by atoms with Gasteiger partial charge in [0.15, 0.2) is 0 Å². The standard InChI is InChI=1S/C52H36N2O/c1-3-12-35(13-4-1)37-14-11-17-42(33-37)53(43-28-30-46-45-18-7-9-20-48(45)54(49(46)34-43)40-15-5-2-6-16-40)41-26-22-36(23-27-41)38-24-29-44-39(32-38)25-31-51-52(44)47-19-8-10-21-50(47)55-51/h1-19,21-34,48H,20H2. The second-order valence-corrected chi connectivity index (χ2v) is 14.5. The molecule has 1 aliphatic carbocycles. The van der Waals surface area contributed by atoms with Gasteiger partial charge in [0, 0.05) is 39.1 Å². The van der Waals surface area contributed by atoms with Crippen LogP contribution in [0, 0.1) is 0 Å². The summed E-state index contributed by atoms with van der Waals surface area (Å²) in [6, 6.07) is 66.0. The van der Waals surface area contributed by atoms with Crippen LogP contribution in [0.15, 0.2) is 205 Å². The van der Waals surface area contributed by atoms with Crippen LogP contribution in [-0.2, 0) is 0 Å². The molecule has 2 heterocycles. The van der Waals surface area contributed by atoms with Gasteiger partial charge in [-0.3, -0.25) is 0 Å². The summed E-state index contributed by atoms with van der Waals surface area (Å²) in [5.74, 6) is 0. The first-order chi connectivity index (χ1) is 27.3. The first kappa shape index (κ1) is 31.4. The number of furan rings is 1. The number of hydrogen-bond acceptors (Lipinski definition) is 3. The average molecular weight is 705 g/mol. The highest BCUT2D eigenvalue weighted by Crippen LogP contribution is 2.50. The van der Waals surface area contributed by atoms with E-state index in [4.69, 9.17) is 4.42 Å². The van der Waals surface area contributed by atoms with Crippen LogP contribution in [0.2, 0.25) is 0 Å². The number of fused-ring (bicyclic) bond motifs is 8. The van der Waals surface area contributed by atoms with Crippen molar-refractivity contribution in [1.29, 1.82) is 0 Å². The SMILES string of the molecule is C1=CCC2C(=C1)c1ccc(N(c3ccc(-c4ccc5c(ccc6oc7ccccc7c65)c4)cc3)c3cccc(-c4ccccc4)c3)cc1N2c1ccccc1. The van der Waals surface area contributed by atoms with E-state index in [2.05, 4.69) is 198 Å². The molecule has 260 valence electrons. The smallest absolute Gasteiger partial charge is 0.136 e. The first-order valence-electron chi connectivity index (χ1n) is 19.0. The van der Waals surface area contributed by atoms with E-state index >= 15 is 0 Å². The zero-order chi connectivity index (χ0) is 36.3. The summed E-state index contributed by atoms with van der Waals surface area (Å²) in [7, 11) is 0. The fraction of sp³-hybridized carbons (Fsp3) is 0.0385. The molecule has 9 aromatic rings. The van der Waals surface area contributed by atoms with Crippen LogP contribution in [0.5, 0.6) is 0 Å². The van der Waals surface area contributed by atoms with E-state index < -0.39 is 0 Å². The maximum absolute atomic E-state index is 6.18. The summed E-state index contributed by atoms with van der Waals surface area (Å²) < 4.78 is 6.18. The monoisotopic (exact) mass is 704 g/mol. The fourth-order valence-corrected chi connectivity index (χ4v) is 8.75. The molecule has 0 radical (unpaired) electrons. The lowest BCUT2D eigenvalue weighted by molar-refractivity contribution is 0.669. The van der Waals surface area contributed by atoms with E-state index in [1.54, 1.807) is 0 Å². The quantitative estimate of drug-likeness (QED) is 0.172. The van der Waals surface area contributed by atoms with Crippen molar-refractivity contribution < 1.29 is 4.42 Å². The van der Waals surface area contributed by atoms with Gasteiger partial charge in [-0.05, 0) is 112 Å². The highest BCUT2D eigenvalue weighted by atomic mass is 16.3. The topological polar surface area (TPSA) is 19.6 Å². The second kappa shape index (κ2) is 12.8. The van der Waals surface area contributed by atoms with Crippen LogP contribution in [0.4, 0.5) is 28.4 Å². The van der Waals surface area contributed by atoms with Crippen LogP contribution in [-0.4, -0.2) is 6.04 Å². The van der Waals surface area contributed by atoms with E-state index in [-0.39, 0.29) is 6.04 Å². The molecule has 0 fully saturated rings. The highest BCUT2D eigenvalue weighted by Gasteiger charge is 2.35. The molecule has 0 saturated heterocycles. The maximum Gasteiger partial charge on any atom is 0.136 e. The van der Waals surface area contributed by atoms with E-state index in [0.717, 1.165) is 40.0 Å². The molecule has 0 saturated carbocycles. The first-order valence-corrected chi connectivity index (χ1v) is 19.0. The van der Waals surface area contributed by atoms with Gasteiger partial charge in [-0.2, -0.15) is 0 Å². The zero-order valence-corrected chi connectivity index (χ0v) is 30.1. The number of para-hydroxylation sites is 2. The van der Waals surface area contributed by atoms with Crippen LogP contribution in [0.25, 0.3) is 60.5 Å². The molecule has 11 rings (SSSR count). The van der Waals surface area contributed by atoms with Gasteiger partial charge in [0.2, 0.25) is 0 Å². The minimum absolute atomic E-state index is 0.275. The van der Waals surface area contributed by atoms with Gasteiger partial charge < -0.3 is 14.2 Å². The number of nitrogens with zero attached hydrogens (tertiary/aromatic N) is 2. The second-order valence-electron chi connectivity index (χ2n) is 14.5. The van der Waals surface area contributed by atoms with Crippen LogP contribution in [0.1, 0.15) is 12.0 Å². The molecule has 0 N–H and O–H groups in total. The van der Waals surface area contributed by atoms with E-state index in [1.807, 2.05) is 12.1 Å². The zero-order valence-electron chi connectivity index (χ0n) is 30.1. The van der Waals surface area contributed by atoms with Crippen molar-refractivity contribution >= 4 is 66.7 Å². The predicted molar refractivity (Wildman–Crippen MR) is 231 cm³/mol. The van der Waals surface area contributed by atoms with Crippen molar-refractivity contribution in [3.05, 3.63) is 206 Å². The summed E-state index contributed by atoms with van der Waals surface area (Å²) in [6.07, 6.45) is 7.77. The molecule has 2 aliphatic rings. The third kappa shape index (κ3) is 5.27. The Hall–Kier alpha value is -7.10. The Bertz CT molecular complexity index is 2960. The van der Waals surface area contributed by atoms with Crippen molar-refractivity contribution in [2.45, 2.75) is 12.5 Å². The van der Waals surface area contributed by atoms with E-state index in [0.29, 0.717) is 0 Å². The number of benzene rings is 8. The third-order valence-electron chi connectivity index (χ3n) is 11.3. The minimum atomic E-state index is 0.275. The lowest BCUT2D eigenvalue weighted by Crippen LogP contribution is -2.27. The van der Waals surface area contributed by atoms with Crippen LogP contribution >= 0.6 is 0 Å². The molecule has 0 bridgehead atoms. The molecule has 3 nitrogen and oxygen atoms in total. The van der Waals surface area contributed by atoms with Crippen molar-refractivity contribution in [2.75, 3.05) is 9.80 Å². The Morgan fingerprint density at radius 3 is 2.09 bits per heavy atom. The van der Waals surface area contributed by atoms with Crippen molar-refractivity contribution in [2.24, 2.45) is 0 Å². The molecule has 1 aromatic heterocycles. The van der Waals surface area contributed by atoms with E-state index in [1.165, 1.54) is 60.9 Å². The van der Waals surface area contributed by atoms with Gasteiger partial charge in [0.05, 0.1) is 11.7 Å². The van der Waals surface area contributed by atoms with Gasteiger partial charge in [0.25, 0.3) is 0 Å². The van der Waals surface area contributed by atoms with Gasteiger partial charge in [-0.15, -0.1) is 0 Å². The Labute approximate surface area is 320 Å². The van der Waals surface area contributed by atoms with Gasteiger partial charge in [0.1, 0.15) is 11.2 Å². The normalized spacial score (nSPS) is 14.7. The third-order valence-corrected chi connectivity index (χ3v) is 11.3. The number of anilines is 5. The van der Waals surface area contributed by atoms with Crippen LogP contribution in [0.3, 0.4) is 0 Å². The molecule has 55 heavy (non-hydrogen) atoms. The van der Waals surface area contributed by atoms with Crippen molar-refractivity contribution in [3.63, 3.8) is 0 Å². The lowest BCUT2D eigenvalue weighted by Gasteiger charge is -2.30. The molecule has 0 amide bonds. The highest BCUT2D eigenvalue weighted by molar-refractivity contribution is 6.19. The van der Waals surface area contributed by atoms with Crippen molar-refractivity contribution in [3.8, 4) is 22.3 Å².